The minimum Gasteiger partial charge on any atom is -0.300 e. The molecule has 4 rings (SSSR count). The van der Waals surface area contributed by atoms with Crippen molar-refractivity contribution in [1.82, 2.24) is 20.4 Å². The second-order valence-corrected chi connectivity index (χ2v) is 9.72. The standard InChI is InChI=1S/C17H20N4O2S2/c1-9(22)3-13-18-20-15(24-13)11-5-17(6-11)7-12(8-17)16-21-19-14(25-16)4-10(2)23/h11-12H,3-8H2,1-2H3. The molecule has 2 aromatic rings. The van der Waals surface area contributed by atoms with E-state index in [1.54, 1.807) is 36.5 Å². The average molecular weight is 377 g/mol. The van der Waals surface area contributed by atoms with Crippen LogP contribution in [0.4, 0.5) is 0 Å². The second-order valence-electron chi connectivity index (χ2n) is 7.54. The second kappa shape index (κ2) is 6.32. The summed E-state index contributed by atoms with van der Waals surface area (Å²) in [6.07, 6.45) is 5.46. The van der Waals surface area contributed by atoms with Crippen LogP contribution in [-0.4, -0.2) is 32.0 Å². The van der Waals surface area contributed by atoms with Gasteiger partial charge in [0.15, 0.2) is 0 Å². The average Bonchev–Trinajstić information content (AvgIpc) is 3.04. The highest BCUT2D eigenvalue weighted by molar-refractivity contribution is 7.11. The van der Waals surface area contributed by atoms with Gasteiger partial charge in [0.05, 0.1) is 12.8 Å². The summed E-state index contributed by atoms with van der Waals surface area (Å²) >= 11 is 3.18. The van der Waals surface area contributed by atoms with E-state index in [9.17, 15) is 9.59 Å². The molecule has 2 aromatic heterocycles. The molecule has 0 radical (unpaired) electrons. The molecule has 2 saturated carbocycles. The zero-order valence-corrected chi connectivity index (χ0v) is 16.0. The Balaban J connectivity index is 1.30. The lowest BCUT2D eigenvalue weighted by Gasteiger charge is -2.56. The number of hydrogen-bond donors (Lipinski definition) is 0. The summed E-state index contributed by atoms with van der Waals surface area (Å²) in [5.74, 6) is 1.27. The van der Waals surface area contributed by atoms with Gasteiger partial charge in [-0.2, -0.15) is 0 Å². The lowest BCUT2D eigenvalue weighted by Crippen LogP contribution is -2.45. The van der Waals surface area contributed by atoms with Crippen molar-refractivity contribution in [2.45, 2.75) is 64.2 Å². The lowest BCUT2D eigenvalue weighted by atomic mass is 9.48. The zero-order valence-electron chi connectivity index (χ0n) is 14.3. The molecular formula is C17H20N4O2S2. The van der Waals surface area contributed by atoms with Gasteiger partial charge in [-0.05, 0) is 44.9 Å². The number of rotatable bonds is 6. The van der Waals surface area contributed by atoms with Crippen LogP contribution in [0.3, 0.4) is 0 Å². The monoisotopic (exact) mass is 376 g/mol. The number of Topliss-reactive ketones (excluding diaryl/α,β-unsaturated/α-hetero) is 2. The maximum Gasteiger partial charge on any atom is 0.136 e. The summed E-state index contributed by atoms with van der Waals surface area (Å²) in [6, 6.07) is 0. The molecule has 2 aliphatic rings. The van der Waals surface area contributed by atoms with E-state index in [1.165, 1.54) is 0 Å². The Bertz CT molecular complexity index is 744. The third-order valence-corrected chi connectivity index (χ3v) is 7.35. The van der Waals surface area contributed by atoms with Crippen LogP contribution in [-0.2, 0) is 22.4 Å². The number of nitrogens with zero attached hydrogens (tertiary/aromatic N) is 4. The van der Waals surface area contributed by atoms with Crippen molar-refractivity contribution in [1.29, 1.82) is 0 Å². The van der Waals surface area contributed by atoms with Gasteiger partial charge in [-0.15, -0.1) is 43.1 Å². The van der Waals surface area contributed by atoms with Crippen LogP contribution in [0.15, 0.2) is 0 Å². The van der Waals surface area contributed by atoms with E-state index in [4.69, 9.17) is 0 Å². The predicted molar refractivity (Wildman–Crippen MR) is 95.0 cm³/mol. The molecule has 2 heterocycles. The molecule has 0 unspecified atom stereocenters. The summed E-state index contributed by atoms with van der Waals surface area (Å²) < 4.78 is 0. The van der Waals surface area contributed by atoms with Gasteiger partial charge in [0, 0.05) is 11.8 Å². The van der Waals surface area contributed by atoms with Gasteiger partial charge in [0.1, 0.15) is 31.6 Å². The van der Waals surface area contributed by atoms with Gasteiger partial charge in [0.25, 0.3) is 0 Å². The first-order valence-corrected chi connectivity index (χ1v) is 10.2. The van der Waals surface area contributed by atoms with E-state index in [0.29, 0.717) is 30.1 Å². The first-order chi connectivity index (χ1) is 11.9. The van der Waals surface area contributed by atoms with E-state index in [1.807, 2.05) is 0 Å². The normalized spacial score (nSPS) is 27.8. The fraction of sp³-hybridized carbons (Fsp3) is 0.647. The van der Waals surface area contributed by atoms with Gasteiger partial charge < -0.3 is 0 Å². The van der Waals surface area contributed by atoms with E-state index < -0.39 is 0 Å². The van der Waals surface area contributed by atoms with Crippen molar-refractivity contribution in [2.75, 3.05) is 0 Å². The van der Waals surface area contributed by atoms with Crippen LogP contribution in [0.5, 0.6) is 0 Å². The number of aromatic nitrogens is 4. The molecule has 6 nitrogen and oxygen atoms in total. The van der Waals surface area contributed by atoms with Gasteiger partial charge >= 0.3 is 0 Å². The fourth-order valence-corrected chi connectivity index (χ4v) is 6.11. The Labute approximate surface area is 154 Å². The lowest BCUT2D eigenvalue weighted by molar-refractivity contribution is -0.117. The number of hydrogen-bond acceptors (Lipinski definition) is 8. The van der Waals surface area contributed by atoms with Crippen molar-refractivity contribution < 1.29 is 9.59 Å². The summed E-state index contributed by atoms with van der Waals surface area (Å²) in [5, 5.41) is 20.7. The van der Waals surface area contributed by atoms with Gasteiger partial charge in [0.2, 0.25) is 0 Å². The third kappa shape index (κ3) is 3.42. The van der Waals surface area contributed by atoms with Crippen LogP contribution in [0.25, 0.3) is 0 Å². The molecule has 132 valence electrons. The SMILES string of the molecule is CC(=O)Cc1nnc(C2CC3(C2)CC(c2nnc(CC(C)=O)s2)C3)s1. The first kappa shape index (κ1) is 16.9. The fourth-order valence-electron chi connectivity index (χ4n) is 4.09. The van der Waals surface area contributed by atoms with Crippen molar-refractivity contribution in [3.63, 3.8) is 0 Å². The summed E-state index contributed by atoms with van der Waals surface area (Å²) in [7, 11) is 0. The van der Waals surface area contributed by atoms with Gasteiger partial charge in [-0.25, -0.2) is 0 Å². The molecule has 0 aromatic carbocycles. The van der Waals surface area contributed by atoms with Crippen molar-refractivity contribution in [3.05, 3.63) is 20.0 Å². The van der Waals surface area contributed by atoms with Crippen LogP contribution < -0.4 is 0 Å². The molecule has 0 saturated heterocycles. The molecule has 0 N–H and O–H groups in total. The highest BCUT2D eigenvalue weighted by Gasteiger charge is 2.55. The first-order valence-electron chi connectivity index (χ1n) is 8.56. The minimum atomic E-state index is 0.135. The van der Waals surface area contributed by atoms with Crippen molar-refractivity contribution in [3.8, 4) is 0 Å². The molecule has 25 heavy (non-hydrogen) atoms. The Morgan fingerprint density at radius 2 is 1.24 bits per heavy atom. The zero-order chi connectivity index (χ0) is 17.6. The molecule has 0 amide bonds. The summed E-state index contributed by atoms with van der Waals surface area (Å²) in [6.45, 7) is 3.17. The molecule has 8 heteroatoms. The van der Waals surface area contributed by atoms with Crippen molar-refractivity contribution >= 4 is 34.2 Å². The van der Waals surface area contributed by atoms with E-state index in [0.717, 1.165) is 45.7 Å². The largest absolute Gasteiger partial charge is 0.300 e. The molecule has 1 spiro atoms. The molecule has 0 aliphatic heterocycles. The maximum atomic E-state index is 11.2. The van der Waals surface area contributed by atoms with Gasteiger partial charge in [-0.3, -0.25) is 9.59 Å². The highest BCUT2D eigenvalue weighted by atomic mass is 32.1. The van der Waals surface area contributed by atoms with Crippen LogP contribution in [0.1, 0.15) is 71.4 Å². The van der Waals surface area contributed by atoms with Crippen molar-refractivity contribution in [2.24, 2.45) is 5.41 Å². The van der Waals surface area contributed by atoms with E-state index >= 15 is 0 Å². The maximum absolute atomic E-state index is 11.2. The minimum absolute atomic E-state index is 0.135. The summed E-state index contributed by atoms with van der Waals surface area (Å²) in [4.78, 5) is 22.4. The van der Waals surface area contributed by atoms with Crippen LogP contribution in [0.2, 0.25) is 0 Å². The summed E-state index contributed by atoms with van der Waals surface area (Å²) in [5.41, 5.74) is 0.439. The quantitative estimate of drug-likeness (QED) is 0.770. The topological polar surface area (TPSA) is 85.7 Å². The van der Waals surface area contributed by atoms with E-state index in [-0.39, 0.29) is 11.6 Å². The number of ketones is 2. The number of carbonyl (C=O) groups excluding carboxylic acids is 2. The molecule has 2 fully saturated rings. The highest BCUT2D eigenvalue weighted by Crippen LogP contribution is 2.66. The van der Waals surface area contributed by atoms with Crippen LogP contribution in [0, 0.1) is 5.41 Å². The predicted octanol–water partition coefficient (Wildman–Crippen LogP) is 3.09. The smallest absolute Gasteiger partial charge is 0.136 e. The Morgan fingerprint density at radius 1 is 0.840 bits per heavy atom. The third-order valence-electron chi connectivity index (χ3n) is 5.18. The molecule has 0 bridgehead atoms. The Hall–Kier alpha value is -1.54. The molecular weight excluding hydrogens is 356 g/mol. The number of carbonyl (C=O) groups is 2. The Kier molecular flexibility index (Phi) is 4.27. The van der Waals surface area contributed by atoms with E-state index in [2.05, 4.69) is 20.4 Å². The van der Waals surface area contributed by atoms with Gasteiger partial charge in [-0.1, -0.05) is 0 Å². The van der Waals surface area contributed by atoms with Crippen LogP contribution >= 0.6 is 22.7 Å². The molecule has 0 atom stereocenters. The molecule has 2 aliphatic carbocycles. The Morgan fingerprint density at radius 3 is 1.60 bits per heavy atom.